The third-order valence-electron chi connectivity index (χ3n) is 6.91. The van der Waals surface area contributed by atoms with Gasteiger partial charge in [-0.15, -0.1) is 0 Å². The number of hydrogen-bond acceptors (Lipinski definition) is 4. The number of aromatic nitrogens is 2. The average molecular weight is 472 g/mol. The molecule has 0 unspecified atom stereocenters. The van der Waals surface area contributed by atoms with Crippen LogP contribution in [0, 0.1) is 5.82 Å². The van der Waals surface area contributed by atoms with E-state index in [1.807, 2.05) is 43.3 Å². The molecule has 3 aromatic carbocycles. The number of amides is 1. The first-order chi connectivity index (χ1) is 17.0. The van der Waals surface area contributed by atoms with Gasteiger partial charge in [0.15, 0.2) is 5.82 Å². The van der Waals surface area contributed by atoms with E-state index in [1.54, 1.807) is 6.07 Å². The van der Waals surface area contributed by atoms with Crippen molar-refractivity contribution in [2.24, 2.45) is 0 Å². The van der Waals surface area contributed by atoms with E-state index < -0.39 is 0 Å². The molecule has 4 aromatic rings. The van der Waals surface area contributed by atoms with Crippen LogP contribution in [-0.4, -0.2) is 41.1 Å². The molecule has 1 aromatic heterocycles. The van der Waals surface area contributed by atoms with E-state index in [2.05, 4.69) is 44.9 Å². The lowest BCUT2D eigenvalue weighted by Crippen LogP contribution is -2.29. The normalized spacial score (nSPS) is 14.8. The van der Waals surface area contributed by atoms with E-state index in [4.69, 9.17) is 0 Å². The summed E-state index contributed by atoms with van der Waals surface area (Å²) in [6.45, 7) is 4.21. The number of anilines is 3. The Balaban J connectivity index is 1.29. The maximum Gasteiger partial charge on any atom is 0.256 e. The van der Waals surface area contributed by atoms with Crippen molar-refractivity contribution in [1.29, 1.82) is 0 Å². The van der Waals surface area contributed by atoms with Gasteiger partial charge in [-0.2, -0.15) is 5.10 Å². The van der Waals surface area contributed by atoms with Crippen molar-refractivity contribution in [3.8, 4) is 0 Å². The van der Waals surface area contributed by atoms with Gasteiger partial charge in [-0.3, -0.25) is 9.89 Å². The van der Waals surface area contributed by atoms with Crippen LogP contribution in [0.5, 0.6) is 0 Å². The minimum absolute atomic E-state index is 0.200. The van der Waals surface area contributed by atoms with E-state index in [-0.39, 0.29) is 11.7 Å². The number of carbonyl (C=O) groups excluding carboxylic acids is 1. The Bertz CT molecular complexity index is 1340. The number of carbonyl (C=O) groups is 1. The quantitative estimate of drug-likeness (QED) is 0.319. The Hall–Kier alpha value is -3.71. The molecule has 1 saturated heterocycles. The second kappa shape index (κ2) is 9.88. The summed E-state index contributed by atoms with van der Waals surface area (Å²) in [7, 11) is 2.16. The molecule has 1 aliphatic rings. The lowest BCUT2D eigenvalue weighted by molar-refractivity contribution is 0.102. The van der Waals surface area contributed by atoms with Gasteiger partial charge in [0.2, 0.25) is 0 Å². The molecule has 1 aliphatic heterocycles. The fraction of sp³-hybridized carbons (Fsp3) is 0.286. The van der Waals surface area contributed by atoms with Gasteiger partial charge in [-0.25, -0.2) is 4.39 Å². The predicted molar refractivity (Wildman–Crippen MR) is 139 cm³/mol. The number of nitrogens with one attached hydrogen (secondary N) is 3. The first-order valence-electron chi connectivity index (χ1n) is 12.1. The molecular formula is C28H30FN5O. The van der Waals surface area contributed by atoms with Crippen LogP contribution in [0.4, 0.5) is 21.6 Å². The summed E-state index contributed by atoms with van der Waals surface area (Å²) in [5.41, 5.74) is 4.76. The van der Waals surface area contributed by atoms with Crippen molar-refractivity contribution in [3.05, 3.63) is 83.2 Å². The summed E-state index contributed by atoms with van der Waals surface area (Å²) in [5.74, 6) is 0.536. The fourth-order valence-electron chi connectivity index (χ4n) is 4.77. The van der Waals surface area contributed by atoms with Gasteiger partial charge in [0.25, 0.3) is 5.91 Å². The van der Waals surface area contributed by atoms with Crippen LogP contribution in [0.15, 0.2) is 60.7 Å². The molecule has 1 fully saturated rings. The van der Waals surface area contributed by atoms with E-state index in [9.17, 15) is 9.18 Å². The molecule has 6 nitrogen and oxygen atoms in total. The zero-order valence-corrected chi connectivity index (χ0v) is 20.1. The highest BCUT2D eigenvalue weighted by molar-refractivity contribution is 6.08. The Labute approximate surface area is 204 Å². The zero-order chi connectivity index (χ0) is 24.4. The Morgan fingerprint density at radius 1 is 1.11 bits per heavy atom. The van der Waals surface area contributed by atoms with Crippen molar-refractivity contribution in [2.75, 3.05) is 30.8 Å². The minimum atomic E-state index is -0.288. The predicted octanol–water partition coefficient (Wildman–Crippen LogP) is 6.07. The standard InChI is InChI=1S/C28H30FN5O/c1-3-18-5-4-6-24(29)26(18)30-22-11-12-23-25(17-22)32-33-27(23)31-28(35)21-9-7-19(8-10-21)20-13-15-34(2)16-14-20/h4-12,17,20,30H,3,13-16H2,1-2H3,(H2,31,32,33,35). The summed E-state index contributed by atoms with van der Waals surface area (Å²) >= 11 is 0. The summed E-state index contributed by atoms with van der Waals surface area (Å²) in [6, 6.07) is 18.6. The second-order valence-corrected chi connectivity index (χ2v) is 9.24. The van der Waals surface area contributed by atoms with Crippen molar-refractivity contribution >= 4 is 34.0 Å². The summed E-state index contributed by atoms with van der Waals surface area (Å²) in [4.78, 5) is 15.2. The maximum absolute atomic E-state index is 14.4. The van der Waals surface area contributed by atoms with Crippen LogP contribution >= 0.6 is 0 Å². The molecule has 0 aliphatic carbocycles. The van der Waals surface area contributed by atoms with Crippen molar-refractivity contribution in [3.63, 3.8) is 0 Å². The van der Waals surface area contributed by atoms with E-state index in [0.29, 0.717) is 23.0 Å². The molecule has 0 bridgehead atoms. The molecule has 180 valence electrons. The molecule has 0 spiro atoms. The number of para-hydroxylation sites is 1. The maximum atomic E-state index is 14.4. The molecule has 1 amide bonds. The van der Waals surface area contributed by atoms with Gasteiger partial charge >= 0.3 is 0 Å². The van der Waals surface area contributed by atoms with Gasteiger partial charge in [-0.05, 0) is 92.8 Å². The molecule has 0 radical (unpaired) electrons. The number of halogens is 1. The van der Waals surface area contributed by atoms with Crippen molar-refractivity contribution in [2.45, 2.75) is 32.1 Å². The molecular weight excluding hydrogens is 441 g/mol. The Morgan fingerprint density at radius 3 is 2.63 bits per heavy atom. The highest BCUT2D eigenvalue weighted by atomic mass is 19.1. The number of nitrogens with zero attached hydrogens (tertiary/aromatic N) is 2. The highest BCUT2D eigenvalue weighted by Crippen LogP contribution is 2.30. The van der Waals surface area contributed by atoms with Crippen LogP contribution in [-0.2, 0) is 6.42 Å². The minimum Gasteiger partial charge on any atom is -0.353 e. The van der Waals surface area contributed by atoms with Gasteiger partial charge in [0, 0.05) is 16.6 Å². The SMILES string of the molecule is CCc1cccc(F)c1Nc1ccc2c(NC(=O)c3ccc(C4CCN(C)CC4)cc3)n[nH]c2c1. The number of aromatic amines is 1. The van der Waals surface area contributed by atoms with Crippen molar-refractivity contribution < 1.29 is 9.18 Å². The zero-order valence-electron chi connectivity index (χ0n) is 20.1. The molecule has 0 saturated carbocycles. The topological polar surface area (TPSA) is 73.0 Å². The van der Waals surface area contributed by atoms with Crippen LogP contribution in [0.25, 0.3) is 10.9 Å². The van der Waals surface area contributed by atoms with Crippen LogP contribution in [0.2, 0.25) is 0 Å². The lowest BCUT2D eigenvalue weighted by atomic mass is 9.89. The van der Waals surface area contributed by atoms with Gasteiger partial charge in [0.05, 0.1) is 11.2 Å². The smallest absolute Gasteiger partial charge is 0.256 e. The number of benzene rings is 3. The number of hydrogen-bond donors (Lipinski definition) is 3. The van der Waals surface area contributed by atoms with E-state index in [0.717, 1.165) is 54.5 Å². The van der Waals surface area contributed by atoms with Gasteiger partial charge < -0.3 is 15.5 Å². The number of H-pyrrole nitrogens is 1. The molecule has 7 heteroatoms. The third-order valence-corrected chi connectivity index (χ3v) is 6.91. The van der Waals surface area contributed by atoms with Crippen LogP contribution in [0.1, 0.15) is 47.2 Å². The number of fused-ring (bicyclic) bond motifs is 1. The number of piperidine rings is 1. The van der Waals surface area contributed by atoms with Crippen molar-refractivity contribution in [1.82, 2.24) is 15.1 Å². The fourth-order valence-corrected chi connectivity index (χ4v) is 4.77. The second-order valence-electron chi connectivity index (χ2n) is 9.24. The summed E-state index contributed by atoms with van der Waals surface area (Å²) < 4.78 is 14.4. The Morgan fingerprint density at radius 2 is 1.89 bits per heavy atom. The van der Waals surface area contributed by atoms with E-state index in [1.165, 1.54) is 11.6 Å². The monoisotopic (exact) mass is 471 g/mol. The summed E-state index contributed by atoms with van der Waals surface area (Å²) in [5, 5.41) is 14.1. The lowest BCUT2D eigenvalue weighted by Gasteiger charge is -2.29. The van der Waals surface area contributed by atoms with Crippen LogP contribution in [0.3, 0.4) is 0 Å². The van der Waals surface area contributed by atoms with Gasteiger partial charge in [-0.1, -0.05) is 31.2 Å². The molecule has 2 heterocycles. The number of likely N-dealkylation sites (tertiary alicyclic amines) is 1. The van der Waals surface area contributed by atoms with E-state index >= 15 is 0 Å². The first kappa shape index (κ1) is 23.1. The average Bonchev–Trinajstić information content (AvgIpc) is 3.27. The van der Waals surface area contributed by atoms with Crippen LogP contribution < -0.4 is 10.6 Å². The Kier molecular flexibility index (Phi) is 6.51. The molecule has 5 rings (SSSR count). The largest absolute Gasteiger partial charge is 0.353 e. The number of rotatable bonds is 6. The first-order valence-corrected chi connectivity index (χ1v) is 12.1. The van der Waals surface area contributed by atoms with Gasteiger partial charge in [0.1, 0.15) is 5.82 Å². The molecule has 3 N–H and O–H groups in total. The number of aryl methyl sites for hydroxylation is 1. The molecule has 0 atom stereocenters. The highest BCUT2D eigenvalue weighted by Gasteiger charge is 2.19. The third kappa shape index (κ3) is 4.91. The summed E-state index contributed by atoms with van der Waals surface area (Å²) in [6.07, 6.45) is 3.02. The molecule has 35 heavy (non-hydrogen) atoms.